The molecule has 11 heteroatoms. The Labute approximate surface area is 170 Å². The van der Waals surface area contributed by atoms with Crippen molar-refractivity contribution in [1.29, 1.82) is 0 Å². The predicted octanol–water partition coefficient (Wildman–Crippen LogP) is 3.24. The van der Waals surface area contributed by atoms with Crippen molar-refractivity contribution in [2.45, 2.75) is 25.7 Å². The molecule has 0 fully saturated rings. The van der Waals surface area contributed by atoms with Crippen LogP contribution in [0.5, 0.6) is 0 Å². The molecule has 0 saturated heterocycles. The van der Waals surface area contributed by atoms with E-state index in [-0.39, 0.29) is 22.0 Å². The molecule has 29 heavy (non-hydrogen) atoms. The SMILES string of the molecule is Cc1cc(S(=O)(=O)NC(=O)c2nnn(-c3ccc(F)cc3F)c2C)c(C)cc1Cl. The molecule has 0 aliphatic rings. The van der Waals surface area contributed by atoms with Gasteiger partial charge in [0.2, 0.25) is 0 Å². The zero-order valence-electron chi connectivity index (χ0n) is 15.5. The van der Waals surface area contributed by atoms with E-state index < -0.39 is 27.6 Å². The molecule has 152 valence electrons. The van der Waals surface area contributed by atoms with Gasteiger partial charge >= 0.3 is 0 Å². The zero-order valence-corrected chi connectivity index (χ0v) is 17.1. The predicted molar refractivity (Wildman–Crippen MR) is 102 cm³/mol. The number of nitrogens with zero attached hydrogens (tertiary/aromatic N) is 3. The summed E-state index contributed by atoms with van der Waals surface area (Å²) in [5.41, 5.74) is 0.504. The minimum Gasteiger partial charge on any atom is -0.266 e. The molecule has 1 amide bonds. The third-order valence-corrected chi connectivity index (χ3v) is 6.10. The van der Waals surface area contributed by atoms with Gasteiger partial charge in [-0.25, -0.2) is 26.6 Å². The molecule has 2 aromatic carbocycles. The Hall–Kier alpha value is -2.85. The van der Waals surface area contributed by atoms with Crippen LogP contribution < -0.4 is 4.72 Å². The molecule has 7 nitrogen and oxygen atoms in total. The monoisotopic (exact) mass is 440 g/mol. The fraction of sp³-hybridized carbons (Fsp3) is 0.167. The molecule has 0 atom stereocenters. The van der Waals surface area contributed by atoms with Crippen molar-refractivity contribution in [2.24, 2.45) is 0 Å². The van der Waals surface area contributed by atoms with Gasteiger partial charge in [-0.1, -0.05) is 16.8 Å². The fourth-order valence-corrected chi connectivity index (χ4v) is 4.17. The highest BCUT2D eigenvalue weighted by molar-refractivity contribution is 7.90. The number of aryl methyl sites for hydroxylation is 2. The van der Waals surface area contributed by atoms with Crippen LogP contribution >= 0.6 is 11.6 Å². The van der Waals surface area contributed by atoms with E-state index in [9.17, 15) is 22.0 Å². The molecular weight excluding hydrogens is 426 g/mol. The number of hydrogen-bond donors (Lipinski definition) is 1. The lowest BCUT2D eigenvalue weighted by Crippen LogP contribution is -2.32. The van der Waals surface area contributed by atoms with Crippen molar-refractivity contribution in [1.82, 2.24) is 19.7 Å². The first-order valence-corrected chi connectivity index (χ1v) is 10.1. The fourth-order valence-electron chi connectivity index (χ4n) is 2.69. The maximum absolute atomic E-state index is 14.0. The Kier molecular flexibility index (Phi) is 5.42. The summed E-state index contributed by atoms with van der Waals surface area (Å²) < 4.78 is 55.3. The molecule has 0 aliphatic heterocycles. The summed E-state index contributed by atoms with van der Waals surface area (Å²) in [6, 6.07) is 5.64. The Balaban J connectivity index is 1.94. The maximum Gasteiger partial charge on any atom is 0.287 e. The van der Waals surface area contributed by atoms with Crippen molar-refractivity contribution in [3.8, 4) is 5.69 Å². The molecule has 0 bridgehead atoms. The number of rotatable bonds is 4. The van der Waals surface area contributed by atoms with Gasteiger partial charge in [-0.15, -0.1) is 5.10 Å². The van der Waals surface area contributed by atoms with Crippen LogP contribution in [-0.2, 0) is 10.0 Å². The second kappa shape index (κ2) is 7.53. The van der Waals surface area contributed by atoms with E-state index in [0.717, 1.165) is 16.8 Å². The highest BCUT2D eigenvalue weighted by Gasteiger charge is 2.26. The van der Waals surface area contributed by atoms with Crippen LogP contribution in [0.15, 0.2) is 35.2 Å². The van der Waals surface area contributed by atoms with Gasteiger partial charge in [-0.3, -0.25) is 4.79 Å². The lowest BCUT2D eigenvalue weighted by Gasteiger charge is -2.11. The molecule has 0 unspecified atom stereocenters. The molecule has 0 saturated carbocycles. The average Bonchev–Trinajstić information content (AvgIpc) is 2.99. The number of carbonyl (C=O) groups is 1. The van der Waals surface area contributed by atoms with Crippen LogP contribution in [0.2, 0.25) is 5.02 Å². The summed E-state index contributed by atoms with van der Waals surface area (Å²) in [6.07, 6.45) is 0. The van der Waals surface area contributed by atoms with Gasteiger partial charge in [-0.05, 0) is 56.2 Å². The van der Waals surface area contributed by atoms with Crippen molar-refractivity contribution < 1.29 is 22.0 Å². The molecule has 0 radical (unpaired) electrons. The number of benzene rings is 2. The number of nitrogens with one attached hydrogen (secondary N) is 1. The number of hydrogen-bond acceptors (Lipinski definition) is 5. The lowest BCUT2D eigenvalue weighted by molar-refractivity contribution is 0.0976. The lowest BCUT2D eigenvalue weighted by atomic mass is 10.2. The maximum atomic E-state index is 14.0. The van der Waals surface area contributed by atoms with Crippen LogP contribution in [0, 0.1) is 32.4 Å². The van der Waals surface area contributed by atoms with E-state index in [4.69, 9.17) is 11.6 Å². The van der Waals surface area contributed by atoms with Crippen molar-refractivity contribution in [3.05, 3.63) is 69.5 Å². The number of amides is 1. The first-order chi connectivity index (χ1) is 13.5. The summed E-state index contributed by atoms with van der Waals surface area (Å²) in [4.78, 5) is 12.4. The Morgan fingerprint density at radius 1 is 1.10 bits per heavy atom. The largest absolute Gasteiger partial charge is 0.287 e. The first kappa shape index (κ1) is 20.9. The highest BCUT2D eigenvalue weighted by Crippen LogP contribution is 2.24. The summed E-state index contributed by atoms with van der Waals surface area (Å²) in [7, 11) is -4.22. The third-order valence-electron chi connectivity index (χ3n) is 4.22. The van der Waals surface area contributed by atoms with Gasteiger partial charge in [0.15, 0.2) is 11.5 Å². The summed E-state index contributed by atoms with van der Waals surface area (Å²) in [6.45, 7) is 4.58. The molecule has 0 aliphatic carbocycles. The smallest absolute Gasteiger partial charge is 0.266 e. The van der Waals surface area contributed by atoms with Gasteiger partial charge in [-0.2, -0.15) is 0 Å². The topological polar surface area (TPSA) is 93.9 Å². The van der Waals surface area contributed by atoms with Crippen LogP contribution in [0.1, 0.15) is 27.3 Å². The number of carbonyl (C=O) groups excluding carboxylic acids is 1. The Morgan fingerprint density at radius 2 is 1.79 bits per heavy atom. The van der Waals surface area contributed by atoms with Crippen LogP contribution in [0.25, 0.3) is 5.69 Å². The molecular formula is C18H15ClF2N4O3S. The molecule has 1 aromatic heterocycles. The average molecular weight is 441 g/mol. The molecule has 1 heterocycles. The van der Waals surface area contributed by atoms with Gasteiger partial charge < -0.3 is 0 Å². The number of halogens is 3. The van der Waals surface area contributed by atoms with E-state index in [1.165, 1.54) is 19.1 Å². The van der Waals surface area contributed by atoms with E-state index in [2.05, 4.69) is 10.3 Å². The van der Waals surface area contributed by atoms with Gasteiger partial charge in [0.1, 0.15) is 11.5 Å². The second-order valence-corrected chi connectivity index (χ2v) is 8.39. The summed E-state index contributed by atoms with van der Waals surface area (Å²) in [5, 5.41) is 7.71. The molecule has 0 spiro atoms. The number of sulfonamides is 1. The molecule has 1 N–H and O–H groups in total. The van der Waals surface area contributed by atoms with Gasteiger partial charge in [0.05, 0.1) is 10.6 Å². The molecule has 3 aromatic rings. The highest BCUT2D eigenvalue weighted by atomic mass is 35.5. The number of aromatic nitrogens is 3. The Bertz CT molecular complexity index is 1240. The van der Waals surface area contributed by atoms with E-state index in [1.54, 1.807) is 13.8 Å². The minimum atomic E-state index is -4.22. The third kappa shape index (κ3) is 3.99. The van der Waals surface area contributed by atoms with Gasteiger partial charge in [0.25, 0.3) is 15.9 Å². The normalized spacial score (nSPS) is 11.5. The van der Waals surface area contributed by atoms with E-state index >= 15 is 0 Å². The van der Waals surface area contributed by atoms with E-state index in [1.807, 2.05) is 4.72 Å². The van der Waals surface area contributed by atoms with Crippen molar-refractivity contribution >= 4 is 27.5 Å². The van der Waals surface area contributed by atoms with Crippen LogP contribution in [0.4, 0.5) is 8.78 Å². The zero-order chi connectivity index (χ0) is 21.5. The Morgan fingerprint density at radius 3 is 2.45 bits per heavy atom. The summed E-state index contributed by atoms with van der Waals surface area (Å²) in [5.74, 6) is -2.73. The van der Waals surface area contributed by atoms with Gasteiger partial charge in [0, 0.05) is 11.1 Å². The van der Waals surface area contributed by atoms with Crippen LogP contribution in [0.3, 0.4) is 0 Å². The van der Waals surface area contributed by atoms with Crippen LogP contribution in [-0.4, -0.2) is 29.3 Å². The van der Waals surface area contributed by atoms with Crippen molar-refractivity contribution in [3.63, 3.8) is 0 Å². The molecule has 3 rings (SSSR count). The summed E-state index contributed by atoms with van der Waals surface area (Å²) >= 11 is 5.98. The first-order valence-electron chi connectivity index (χ1n) is 8.23. The van der Waals surface area contributed by atoms with E-state index in [0.29, 0.717) is 22.2 Å². The quantitative estimate of drug-likeness (QED) is 0.672. The van der Waals surface area contributed by atoms with Crippen molar-refractivity contribution in [2.75, 3.05) is 0 Å². The second-order valence-electron chi connectivity index (χ2n) is 6.33. The minimum absolute atomic E-state index is 0.0761. The standard InChI is InChI=1S/C18H15ClF2N4O3S/c1-9-7-16(10(2)6-13(9)19)29(27,28)23-18(26)17-11(3)25(24-22-17)15-5-4-12(20)8-14(15)21/h4-8H,1-3H3,(H,23,26).